The molecule has 7 heteroatoms. The number of hydrogen-bond donors (Lipinski definition) is 1. The number of hydrogen-bond acceptors (Lipinski definition) is 5. The molecule has 0 aliphatic carbocycles. The molecule has 1 unspecified atom stereocenters. The molecular formula is C13H17NO4S2. The Hall–Kier alpha value is -0.920. The molecule has 1 fully saturated rings. The zero-order chi connectivity index (χ0) is 14.4. The number of nitrogens with one attached hydrogen (secondary N) is 1. The quantitative estimate of drug-likeness (QED) is 0.868. The van der Waals surface area contributed by atoms with Crippen LogP contribution in [0.1, 0.15) is 24.4 Å². The van der Waals surface area contributed by atoms with Gasteiger partial charge < -0.3 is 5.32 Å². The predicted molar refractivity (Wildman–Crippen MR) is 76.0 cm³/mol. The Morgan fingerprint density at radius 2 is 1.65 bits per heavy atom. The predicted octanol–water partition coefficient (Wildman–Crippen LogP) is 0.682. The minimum Gasteiger partial charge on any atom is -0.306 e. The van der Waals surface area contributed by atoms with Crippen LogP contribution in [0.25, 0.3) is 0 Å². The summed E-state index contributed by atoms with van der Waals surface area (Å²) in [6, 6.07) is 6.88. The Balaban J connectivity index is 1.77. The van der Waals surface area contributed by atoms with Gasteiger partial charge in [-0.05, 0) is 24.5 Å². The minimum atomic E-state index is -3.21. The molecule has 1 saturated heterocycles. The third kappa shape index (κ3) is 2.62. The van der Waals surface area contributed by atoms with Crippen LogP contribution in [0.4, 0.5) is 0 Å². The van der Waals surface area contributed by atoms with Crippen molar-refractivity contribution < 1.29 is 16.8 Å². The number of rotatable bonds is 2. The molecule has 1 atom stereocenters. The van der Waals surface area contributed by atoms with Crippen LogP contribution in [0.5, 0.6) is 0 Å². The third-order valence-electron chi connectivity index (χ3n) is 4.01. The van der Waals surface area contributed by atoms with E-state index in [1.54, 1.807) is 12.1 Å². The van der Waals surface area contributed by atoms with Crippen LogP contribution in [0, 0.1) is 0 Å². The fraction of sp³-hybridized carbons (Fsp3) is 0.538. The fourth-order valence-electron chi connectivity index (χ4n) is 2.93. The molecule has 0 aromatic heterocycles. The summed E-state index contributed by atoms with van der Waals surface area (Å²) in [5.41, 5.74) is 0.806. The van der Waals surface area contributed by atoms with E-state index in [-0.39, 0.29) is 29.3 Å². The van der Waals surface area contributed by atoms with E-state index in [1.807, 2.05) is 12.1 Å². The molecule has 20 heavy (non-hydrogen) atoms. The molecule has 0 bridgehead atoms. The summed E-state index contributed by atoms with van der Waals surface area (Å²) in [7, 11) is -6.10. The van der Waals surface area contributed by atoms with E-state index in [9.17, 15) is 16.8 Å². The van der Waals surface area contributed by atoms with Crippen molar-refractivity contribution in [2.45, 2.75) is 29.8 Å². The third-order valence-corrected chi connectivity index (χ3v) is 7.54. The lowest BCUT2D eigenvalue weighted by Crippen LogP contribution is -2.40. The van der Waals surface area contributed by atoms with Gasteiger partial charge >= 0.3 is 0 Å². The van der Waals surface area contributed by atoms with E-state index >= 15 is 0 Å². The average Bonchev–Trinajstić information content (AvgIpc) is 2.65. The molecule has 1 N–H and O–H groups in total. The summed E-state index contributed by atoms with van der Waals surface area (Å²) >= 11 is 0. The lowest BCUT2D eigenvalue weighted by molar-refractivity contribution is 0.422. The molecule has 2 heterocycles. The van der Waals surface area contributed by atoms with Crippen molar-refractivity contribution in [1.82, 2.24) is 5.32 Å². The molecule has 2 aliphatic rings. The highest BCUT2D eigenvalue weighted by Crippen LogP contribution is 2.33. The van der Waals surface area contributed by atoms with Gasteiger partial charge in [-0.2, -0.15) is 0 Å². The summed E-state index contributed by atoms with van der Waals surface area (Å²) < 4.78 is 47.0. The van der Waals surface area contributed by atoms with Gasteiger partial charge in [-0.1, -0.05) is 18.2 Å². The van der Waals surface area contributed by atoms with Crippen LogP contribution >= 0.6 is 0 Å². The first-order chi connectivity index (χ1) is 9.37. The molecule has 0 amide bonds. The zero-order valence-corrected chi connectivity index (χ0v) is 12.6. The lowest BCUT2D eigenvalue weighted by atomic mass is 10.1. The lowest BCUT2D eigenvalue weighted by Gasteiger charge is -2.26. The van der Waals surface area contributed by atoms with Gasteiger partial charge in [0.2, 0.25) is 0 Å². The van der Waals surface area contributed by atoms with Gasteiger partial charge in [0.25, 0.3) is 0 Å². The Labute approximate surface area is 119 Å². The number of sulfone groups is 2. The Morgan fingerprint density at radius 3 is 2.35 bits per heavy atom. The summed E-state index contributed by atoms with van der Waals surface area (Å²) in [5, 5.41) is 3.32. The standard InChI is InChI=1S/C13H17NO4S2/c15-19(16)7-5-10(6-8-19)14-12-9-20(17,18)13-4-2-1-3-11(12)13/h1-4,10,12,14H,5-9H2. The van der Waals surface area contributed by atoms with E-state index in [1.165, 1.54) is 0 Å². The maximum absolute atomic E-state index is 12.1. The first-order valence-electron chi connectivity index (χ1n) is 6.65. The smallest absolute Gasteiger partial charge is 0.180 e. The topological polar surface area (TPSA) is 80.3 Å². The summed E-state index contributed by atoms with van der Waals surface area (Å²) in [6.45, 7) is 0. The van der Waals surface area contributed by atoms with E-state index in [2.05, 4.69) is 5.32 Å². The molecule has 1 aromatic carbocycles. The van der Waals surface area contributed by atoms with Crippen molar-refractivity contribution in [1.29, 1.82) is 0 Å². The normalized spacial score (nSPS) is 28.1. The number of benzene rings is 1. The number of fused-ring (bicyclic) bond motifs is 1. The van der Waals surface area contributed by atoms with Crippen molar-refractivity contribution in [3.05, 3.63) is 29.8 Å². The van der Waals surface area contributed by atoms with Crippen LogP contribution in [0.15, 0.2) is 29.2 Å². The Kier molecular flexibility index (Phi) is 3.38. The van der Waals surface area contributed by atoms with Crippen molar-refractivity contribution in [3.8, 4) is 0 Å². The van der Waals surface area contributed by atoms with Crippen molar-refractivity contribution in [2.24, 2.45) is 0 Å². The highest BCUT2D eigenvalue weighted by atomic mass is 32.2. The molecule has 1 aromatic rings. The second kappa shape index (κ2) is 4.82. The monoisotopic (exact) mass is 315 g/mol. The van der Waals surface area contributed by atoms with Crippen LogP contribution in [0.2, 0.25) is 0 Å². The van der Waals surface area contributed by atoms with Gasteiger partial charge in [0.15, 0.2) is 9.84 Å². The average molecular weight is 315 g/mol. The molecule has 5 nitrogen and oxygen atoms in total. The van der Waals surface area contributed by atoms with Gasteiger partial charge in [-0.25, -0.2) is 16.8 Å². The second-order valence-corrected chi connectivity index (χ2v) is 9.77. The summed E-state index contributed by atoms with van der Waals surface area (Å²) in [5.74, 6) is 0.438. The zero-order valence-electron chi connectivity index (χ0n) is 10.9. The van der Waals surface area contributed by atoms with Gasteiger partial charge in [0.05, 0.1) is 22.2 Å². The highest BCUT2D eigenvalue weighted by Gasteiger charge is 2.36. The van der Waals surface area contributed by atoms with E-state index in [0.29, 0.717) is 17.7 Å². The second-order valence-electron chi connectivity index (χ2n) is 5.46. The summed E-state index contributed by atoms with van der Waals surface area (Å²) in [4.78, 5) is 0.404. The van der Waals surface area contributed by atoms with Gasteiger partial charge in [-0.3, -0.25) is 0 Å². The van der Waals surface area contributed by atoms with E-state index < -0.39 is 19.7 Å². The summed E-state index contributed by atoms with van der Waals surface area (Å²) in [6.07, 6.45) is 1.11. The molecule has 110 valence electrons. The van der Waals surface area contributed by atoms with Gasteiger partial charge in [0, 0.05) is 12.1 Å². The van der Waals surface area contributed by atoms with Crippen LogP contribution in [-0.4, -0.2) is 40.1 Å². The Bertz CT molecular complexity index is 710. The van der Waals surface area contributed by atoms with Crippen molar-refractivity contribution in [2.75, 3.05) is 17.3 Å². The van der Waals surface area contributed by atoms with Crippen molar-refractivity contribution in [3.63, 3.8) is 0 Å². The minimum absolute atomic E-state index is 0.0651. The van der Waals surface area contributed by atoms with Crippen molar-refractivity contribution >= 4 is 19.7 Å². The molecule has 2 aliphatic heterocycles. The van der Waals surface area contributed by atoms with Gasteiger partial charge in [-0.15, -0.1) is 0 Å². The van der Waals surface area contributed by atoms with E-state index in [4.69, 9.17) is 0 Å². The highest BCUT2D eigenvalue weighted by molar-refractivity contribution is 7.92. The molecule has 0 spiro atoms. The van der Waals surface area contributed by atoms with Crippen LogP contribution < -0.4 is 5.32 Å². The molecular weight excluding hydrogens is 298 g/mol. The first-order valence-corrected chi connectivity index (χ1v) is 10.1. The van der Waals surface area contributed by atoms with Crippen LogP contribution in [0.3, 0.4) is 0 Å². The molecule has 3 rings (SSSR count). The maximum atomic E-state index is 12.1. The first kappa shape index (κ1) is 14.0. The molecule has 0 radical (unpaired) electrons. The Morgan fingerprint density at radius 1 is 1.00 bits per heavy atom. The van der Waals surface area contributed by atoms with E-state index in [0.717, 1.165) is 5.56 Å². The van der Waals surface area contributed by atoms with Crippen LogP contribution in [-0.2, 0) is 19.7 Å². The largest absolute Gasteiger partial charge is 0.306 e. The molecule has 0 saturated carbocycles. The SMILES string of the molecule is O=S1(=O)CCC(NC2CS(=O)(=O)c3ccccc32)CC1. The maximum Gasteiger partial charge on any atom is 0.180 e. The fourth-order valence-corrected chi connectivity index (χ4v) is 6.17. The van der Waals surface area contributed by atoms with Gasteiger partial charge in [0.1, 0.15) is 9.84 Å².